The first-order valence-electron chi connectivity index (χ1n) is 7.52. The Bertz CT molecular complexity index is 220. The number of hydrogen-bond acceptors (Lipinski definition) is 5. The lowest BCUT2D eigenvalue weighted by atomic mass is 10.2. The van der Waals surface area contributed by atoms with Crippen molar-refractivity contribution in [2.75, 3.05) is 47.3 Å². The quantitative estimate of drug-likeness (QED) is 0.458. The fraction of sp³-hybridized carbons (Fsp3) is 1.00. The van der Waals surface area contributed by atoms with E-state index in [1.54, 1.807) is 0 Å². The van der Waals surface area contributed by atoms with Gasteiger partial charge < -0.3 is 5.32 Å². The molecule has 5 nitrogen and oxygen atoms in total. The highest BCUT2D eigenvalue weighted by molar-refractivity contribution is 4.88. The summed E-state index contributed by atoms with van der Waals surface area (Å²) in [4.78, 5) is 2.27. The number of likely N-dealkylation sites (N-methyl/N-ethyl adjacent to an activating group) is 3. The first-order chi connectivity index (χ1) is 8.91. The van der Waals surface area contributed by atoms with Crippen molar-refractivity contribution in [3.05, 3.63) is 0 Å². The van der Waals surface area contributed by atoms with E-state index in [0.717, 1.165) is 26.2 Å². The monoisotopic (exact) mass is 273 g/mol. The van der Waals surface area contributed by atoms with Gasteiger partial charge in [-0.25, -0.2) is 10.0 Å². The molecule has 116 valence electrons. The SMILES string of the molecule is CCNC(CNC)(N(C)C)N(C(C)C)N(CC)CC. The van der Waals surface area contributed by atoms with Gasteiger partial charge in [-0.2, -0.15) is 0 Å². The van der Waals surface area contributed by atoms with E-state index in [1.165, 1.54) is 0 Å². The van der Waals surface area contributed by atoms with E-state index in [1.807, 2.05) is 7.05 Å². The maximum Gasteiger partial charge on any atom is 0.154 e. The minimum Gasteiger partial charge on any atom is -0.315 e. The van der Waals surface area contributed by atoms with Crippen LogP contribution >= 0.6 is 0 Å². The van der Waals surface area contributed by atoms with Crippen LogP contribution < -0.4 is 10.6 Å². The van der Waals surface area contributed by atoms with Gasteiger partial charge in [0, 0.05) is 25.7 Å². The summed E-state index contributed by atoms with van der Waals surface area (Å²) in [6.45, 7) is 14.9. The lowest BCUT2D eigenvalue weighted by Gasteiger charge is -2.54. The van der Waals surface area contributed by atoms with E-state index in [-0.39, 0.29) is 5.79 Å². The molecule has 0 aromatic carbocycles. The average Bonchev–Trinajstić information content (AvgIpc) is 2.34. The van der Waals surface area contributed by atoms with Crippen molar-refractivity contribution in [2.45, 2.75) is 46.4 Å². The minimum absolute atomic E-state index is 0.205. The van der Waals surface area contributed by atoms with Crippen LogP contribution in [0.1, 0.15) is 34.6 Å². The van der Waals surface area contributed by atoms with Crippen LogP contribution in [0.5, 0.6) is 0 Å². The lowest BCUT2D eigenvalue weighted by Crippen LogP contribution is -2.75. The predicted octanol–water partition coefficient (Wildman–Crippen LogP) is 0.998. The summed E-state index contributed by atoms with van der Waals surface area (Å²) in [5.41, 5.74) is 0. The normalized spacial score (nSPS) is 15.8. The lowest BCUT2D eigenvalue weighted by molar-refractivity contribution is -0.194. The van der Waals surface area contributed by atoms with E-state index >= 15 is 0 Å². The molecule has 0 radical (unpaired) electrons. The van der Waals surface area contributed by atoms with Crippen molar-refractivity contribution in [2.24, 2.45) is 0 Å². The standard InChI is InChI=1S/C14H35N5/c1-9-16-14(12-15-6,17(7)8)19(13(4)5)18(10-2)11-3/h13,15-16H,9-12H2,1-8H3. The van der Waals surface area contributed by atoms with E-state index in [4.69, 9.17) is 0 Å². The molecule has 0 saturated heterocycles. The first-order valence-corrected chi connectivity index (χ1v) is 7.52. The maximum absolute atomic E-state index is 3.67. The Morgan fingerprint density at radius 2 is 1.58 bits per heavy atom. The van der Waals surface area contributed by atoms with Crippen molar-refractivity contribution < 1.29 is 0 Å². The van der Waals surface area contributed by atoms with E-state index in [2.05, 4.69) is 74.3 Å². The molecule has 0 heterocycles. The zero-order valence-electron chi connectivity index (χ0n) is 14.2. The molecule has 0 fully saturated rings. The first kappa shape index (κ1) is 18.8. The molecule has 0 spiro atoms. The third kappa shape index (κ3) is 4.39. The van der Waals surface area contributed by atoms with Crippen LogP contribution in [0.15, 0.2) is 0 Å². The van der Waals surface area contributed by atoms with Crippen molar-refractivity contribution in [3.63, 3.8) is 0 Å². The van der Waals surface area contributed by atoms with Crippen LogP contribution in [-0.2, 0) is 0 Å². The molecule has 0 aliphatic carbocycles. The van der Waals surface area contributed by atoms with Crippen LogP contribution in [-0.4, -0.2) is 74.1 Å². The Labute approximate surface area is 120 Å². The highest BCUT2D eigenvalue weighted by Gasteiger charge is 2.41. The predicted molar refractivity (Wildman–Crippen MR) is 83.9 cm³/mol. The van der Waals surface area contributed by atoms with Crippen LogP contribution in [0.2, 0.25) is 0 Å². The molecule has 0 rings (SSSR count). The van der Waals surface area contributed by atoms with Gasteiger partial charge in [-0.15, -0.1) is 0 Å². The third-order valence-corrected chi connectivity index (χ3v) is 3.53. The Balaban J connectivity index is 5.56. The van der Waals surface area contributed by atoms with E-state index in [9.17, 15) is 0 Å². The van der Waals surface area contributed by atoms with Crippen LogP contribution in [0.3, 0.4) is 0 Å². The zero-order chi connectivity index (χ0) is 15.1. The van der Waals surface area contributed by atoms with Crippen molar-refractivity contribution in [1.82, 2.24) is 25.6 Å². The molecular weight excluding hydrogens is 238 g/mol. The number of hydrazine groups is 1. The van der Waals surface area contributed by atoms with Gasteiger partial charge in [0.25, 0.3) is 0 Å². The highest BCUT2D eigenvalue weighted by Crippen LogP contribution is 2.21. The smallest absolute Gasteiger partial charge is 0.154 e. The molecule has 0 saturated carbocycles. The van der Waals surface area contributed by atoms with Gasteiger partial charge in [-0.05, 0) is 41.5 Å². The van der Waals surface area contributed by atoms with Crippen molar-refractivity contribution in [1.29, 1.82) is 0 Å². The molecule has 0 aromatic heterocycles. The fourth-order valence-electron chi connectivity index (χ4n) is 2.79. The largest absolute Gasteiger partial charge is 0.315 e. The van der Waals surface area contributed by atoms with Gasteiger partial charge >= 0.3 is 0 Å². The number of nitrogens with one attached hydrogen (secondary N) is 2. The summed E-state index contributed by atoms with van der Waals surface area (Å²) in [5, 5.41) is 11.9. The van der Waals surface area contributed by atoms with Gasteiger partial charge in [0.15, 0.2) is 5.79 Å². The van der Waals surface area contributed by atoms with Crippen LogP contribution in [0.25, 0.3) is 0 Å². The summed E-state index contributed by atoms with van der Waals surface area (Å²) in [5.74, 6) is -0.205. The molecule has 0 aliphatic heterocycles. The van der Waals surface area contributed by atoms with Crippen LogP contribution in [0.4, 0.5) is 0 Å². The van der Waals surface area contributed by atoms with E-state index < -0.39 is 0 Å². The molecule has 0 amide bonds. The topological polar surface area (TPSA) is 33.8 Å². The second-order valence-corrected chi connectivity index (χ2v) is 5.35. The van der Waals surface area contributed by atoms with Gasteiger partial charge in [0.2, 0.25) is 0 Å². The molecular formula is C14H35N5. The van der Waals surface area contributed by atoms with Gasteiger partial charge in [0.1, 0.15) is 0 Å². The van der Waals surface area contributed by atoms with Gasteiger partial charge in [-0.3, -0.25) is 10.2 Å². The summed E-state index contributed by atoms with van der Waals surface area (Å²) < 4.78 is 0. The van der Waals surface area contributed by atoms with Gasteiger partial charge in [-0.1, -0.05) is 20.8 Å². The van der Waals surface area contributed by atoms with Crippen molar-refractivity contribution >= 4 is 0 Å². The van der Waals surface area contributed by atoms with Crippen molar-refractivity contribution in [3.8, 4) is 0 Å². The van der Waals surface area contributed by atoms with E-state index in [0.29, 0.717) is 6.04 Å². The second kappa shape index (κ2) is 8.87. The number of hydrogen-bond donors (Lipinski definition) is 2. The summed E-state index contributed by atoms with van der Waals surface area (Å²) in [6.07, 6.45) is 0. The summed E-state index contributed by atoms with van der Waals surface area (Å²) in [7, 11) is 6.29. The zero-order valence-corrected chi connectivity index (χ0v) is 14.2. The minimum atomic E-state index is -0.205. The summed E-state index contributed by atoms with van der Waals surface area (Å²) >= 11 is 0. The van der Waals surface area contributed by atoms with Crippen LogP contribution in [0, 0.1) is 0 Å². The average molecular weight is 273 g/mol. The van der Waals surface area contributed by atoms with Gasteiger partial charge in [0.05, 0.1) is 0 Å². The Morgan fingerprint density at radius 3 is 1.84 bits per heavy atom. The Kier molecular flexibility index (Phi) is 8.78. The summed E-state index contributed by atoms with van der Waals surface area (Å²) in [6, 6.07) is 0.426. The fourth-order valence-corrected chi connectivity index (χ4v) is 2.79. The second-order valence-electron chi connectivity index (χ2n) is 5.35. The molecule has 0 aromatic rings. The molecule has 0 aliphatic rings. The molecule has 5 heteroatoms. The molecule has 1 unspecified atom stereocenters. The number of rotatable bonds is 10. The molecule has 0 bridgehead atoms. The third-order valence-electron chi connectivity index (χ3n) is 3.53. The Morgan fingerprint density at radius 1 is 1.05 bits per heavy atom. The number of nitrogens with zero attached hydrogens (tertiary/aromatic N) is 3. The molecule has 2 N–H and O–H groups in total. The highest BCUT2D eigenvalue weighted by atomic mass is 15.7. The molecule has 1 atom stereocenters. The molecule has 19 heavy (non-hydrogen) atoms. The maximum atomic E-state index is 3.67. The Hall–Kier alpha value is -0.200.